The molecule has 2 bridgehead atoms. The van der Waals surface area contributed by atoms with Gasteiger partial charge in [0.25, 0.3) is 0 Å². The first-order chi connectivity index (χ1) is 11.1. The van der Waals surface area contributed by atoms with Crippen LogP contribution in [0.15, 0.2) is 0 Å². The van der Waals surface area contributed by atoms with E-state index in [-0.39, 0.29) is 41.6 Å². The van der Waals surface area contributed by atoms with Crippen molar-refractivity contribution in [3.8, 4) is 0 Å². The zero-order chi connectivity index (χ0) is 16.0. The number of fused-ring (bicyclic) bond motifs is 2. The summed E-state index contributed by atoms with van der Waals surface area (Å²) in [5.74, 6) is 1.24. The zero-order valence-electron chi connectivity index (χ0n) is 13.8. The van der Waals surface area contributed by atoms with Crippen molar-refractivity contribution in [1.82, 2.24) is 9.80 Å². The number of hydrogen-bond donors (Lipinski definition) is 1. The lowest BCUT2D eigenvalue weighted by Crippen LogP contribution is -2.56. The van der Waals surface area contributed by atoms with Gasteiger partial charge in [0.15, 0.2) is 0 Å². The summed E-state index contributed by atoms with van der Waals surface area (Å²) in [6.45, 7) is 2.86. The van der Waals surface area contributed by atoms with Gasteiger partial charge in [-0.15, -0.1) is 0 Å². The van der Waals surface area contributed by atoms with Crippen LogP contribution in [0.3, 0.4) is 0 Å². The average molecular weight is 320 g/mol. The van der Waals surface area contributed by atoms with Crippen molar-refractivity contribution >= 4 is 11.8 Å². The molecule has 23 heavy (non-hydrogen) atoms. The molecule has 4 aliphatic rings. The Hall–Kier alpha value is -1.10. The van der Waals surface area contributed by atoms with Crippen LogP contribution in [0, 0.1) is 23.7 Å². The third kappa shape index (κ3) is 3.00. The molecule has 4 fully saturated rings. The summed E-state index contributed by atoms with van der Waals surface area (Å²) in [4.78, 5) is 29.2. The summed E-state index contributed by atoms with van der Waals surface area (Å²) < 4.78 is 0. The molecule has 4 rings (SSSR count). The summed E-state index contributed by atoms with van der Waals surface area (Å²) in [6, 6.07) is 0. The lowest BCUT2D eigenvalue weighted by atomic mass is 9.75. The predicted molar refractivity (Wildman–Crippen MR) is 85.4 cm³/mol. The molecule has 5 nitrogen and oxygen atoms in total. The first-order valence-corrected chi connectivity index (χ1v) is 9.39. The van der Waals surface area contributed by atoms with Crippen molar-refractivity contribution in [2.75, 3.05) is 26.2 Å². The van der Waals surface area contributed by atoms with Crippen LogP contribution < -0.4 is 0 Å². The van der Waals surface area contributed by atoms with Gasteiger partial charge in [-0.2, -0.15) is 0 Å². The van der Waals surface area contributed by atoms with Crippen LogP contribution in [0.5, 0.6) is 0 Å². The number of piperidine rings is 2. The van der Waals surface area contributed by atoms with E-state index in [1.165, 1.54) is 6.42 Å². The van der Waals surface area contributed by atoms with E-state index in [0.29, 0.717) is 19.6 Å². The van der Waals surface area contributed by atoms with Crippen molar-refractivity contribution in [3.05, 3.63) is 0 Å². The van der Waals surface area contributed by atoms with Crippen LogP contribution in [-0.4, -0.2) is 59.0 Å². The molecule has 1 unspecified atom stereocenters. The van der Waals surface area contributed by atoms with E-state index >= 15 is 0 Å². The number of carbonyl (C=O) groups is 2. The normalized spacial score (nSPS) is 37.6. The van der Waals surface area contributed by atoms with Gasteiger partial charge in [-0.1, -0.05) is 6.42 Å². The van der Waals surface area contributed by atoms with Crippen LogP contribution in [0.2, 0.25) is 0 Å². The van der Waals surface area contributed by atoms with Gasteiger partial charge < -0.3 is 14.9 Å². The van der Waals surface area contributed by atoms with E-state index in [2.05, 4.69) is 0 Å². The second-order valence-electron chi connectivity index (χ2n) is 8.08. The highest BCUT2D eigenvalue weighted by atomic mass is 16.3. The minimum absolute atomic E-state index is 0.0255. The third-order valence-electron chi connectivity index (χ3n) is 6.35. The molecular formula is C18H28N2O3. The lowest BCUT2D eigenvalue weighted by molar-refractivity contribution is -0.147. The highest BCUT2D eigenvalue weighted by Gasteiger charge is 2.42. The summed E-state index contributed by atoms with van der Waals surface area (Å²) in [5, 5.41) is 10.3. The van der Waals surface area contributed by atoms with Crippen molar-refractivity contribution in [1.29, 1.82) is 0 Å². The first-order valence-electron chi connectivity index (χ1n) is 9.39. The Bertz CT molecular complexity index is 477. The van der Waals surface area contributed by atoms with Gasteiger partial charge in [0, 0.05) is 43.9 Å². The number of hydrogen-bond acceptors (Lipinski definition) is 3. The Labute approximate surface area is 138 Å². The number of rotatable bonds is 2. The lowest BCUT2D eigenvalue weighted by Gasteiger charge is -2.46. The maximum absolute atomic E-state index is 13.0. The number of aliphatic hydroxyl groups is 1. The van der Waals surface area contributed by atoms with E-state index in [9.17, 15) is 14.7 Å². The molecule has 1 N–H and O–H groups in total. The second kappa shape index (κ2) is 6.08. The Balaban J connectivity index is 1.39. The van der Waals surface area contributed by atoms with Gasteiger partial charge in [-0.25, -0.2) is 0 Å². The Morgan fingerprint density at radius 2 is 1.39 bits per heavy atom. The van der Waals surface area contributed by atoms with Gasteiger partial charge in [0.05, 0.1) is 12.0 Å². The van der Waals surface area contributed by atoms with Crippen molar-refractivity contribution < 1.29 is 14.7 Å². The van der Waals surface area contributed by atoms with Gasteiger partial charge in [-0.05, 0) is 38.5 Å². The molecule has 0 aromatic rings. The maximum Gasteiger partial charge on any atom is 0.227 e. The molecule has 2 aliphatic carbocycles. The Morgan fingerprint density at radius 3 is 2.04 bits per heavy atom. The molecule has 4 atom stereocenters. The molecular weight excluding hydrogens is 292 g/mol. The smallest absolute Gasteiger partial charge is 0.227 e. The topological polar surface area (TPSA) is 60.9 Å². The Kier molecular flexibility index (Phi) is 4.08. The second-order valence-corrected chi connectivity index (χ2v) is 8.08. The van der Waals surface area contributed by atoms with Crippen molar-refractivity contribution in [3.63, 3.8) is 0 Å². The minimum atomic E-state index is -0.216. The van der Waals surface area contributed by atoms with Gasteiger partial charge >= 0.3 is 0 Å². The fourth-order valence-corrected chi connectivity index (χ4v) is 4.81. The summed E-state index contributed by atoms with van der Waals surface area (Å²) in [6.07, 6.45) is 6.95. The summed E-state index contributed by atoms with van der Waals surface area (Å²) >= 11 is 0. The molecule has 2 saturated heterocycles. The highest BCUT2D eigenvalue weighted by molar-refractivity contribution is 5.83. The van der Waals surface area contributed by atoms with Crippen LogP contribution in [0.25, 0.3) is 0 Å². The minimum Gasteiger partial charge on any atom is -0.392 e. The SMILES string of the molecule is O=C(C1CC1)N1CCC[C@H](C(=O)N2C[C@H]3CCC[C@@H](C2)C3O)C1. The van der Waals surface area contributed by atoms with Crippen LogP contribution in [-0.2, 0) is 9.59 Å². The van der Waals surface area contributed by atoms with E-state index < -0.39 is 0 Å². The molecule has 0 aromatic heterocycles. The van der Waals surface area contributed by atoms with E-state index in [4.69, 9.17) is 0 Å². The van der Waals surface area contributed by atoms with E-state index in [0.717, 1.165) is 45.1 Å². The van der Waals surface area contributed by atoms with E-state index in [1.807, 2.05) is 9.80 Å². The standard InChI is InChI=1S/C18H28N2O3/c21-16-13-3-1-4-14(16)10-20(9-13)18(23)15-5-2-8-19(11-15)17(22)12-6-7-12/h12-16,21H,1-11H2/t13-,14+,15-,16?/m0/s1. The molecule has 2 heterocycles. The monoisotopic (exact) mass is 320 g/mol. The van der Waals surface area contributed by atoms with Gasteiger partial charge in [-0.3, -0.25) is 9.59 Å². The molecule has 2 aliphatic heterocycles. The Morgan fingerprint density at radius 1 is 0.739 bits per heavy atom. The highest BCUT2D eigenvalue weighted by Crippen LogP contribution is 2.36. The quantitative estimate of drug-likeness (QED) is 0.833. The van der Waals surface area contributed by atoms with Crippen LogP contribution in [0.1, 0.15) is 44.9 Å². The molecule has 2 saturated carbocycles. The van der Waals surface area contributed by atoms with E-state index in [1.54, 1.807) is 0 Å². The number of carbonyl (C=O) groups excluding carboxylic acids is 2. The maximum atomic E-state index is 13.0. The zero-order valence-corrected chi connectivity index (χ0v) is 13.8. The molecule has 2 amide bonds. The molecule has 0 spiro atoms. The number of nitrogens with zero attached hydrogens (tertiary/aromatic N) is 2. The number of likely N-dealkylation sites (tertiary alicyclic amines) is 2. The van der Waals surface area contributed by atoms with Gasteiger partial charge in [0.1, 0.15) is 0 Å². The summed E-state index contributed by atoms with van der Waals surface area (Å²) in [5.41, 5.74) is 0. The molecule has 128 valence electrons. The third-order valence-corrected chi connectivity index (χ3v) is 6.35. The number of amides is 2. The summed E-state index contributed by atoms with van der Waals surface area (Å²) in [7, 11) is 0. The van der Waals surface area contributed by atoms with Gasteiger partial charge in [0.2, 0.25) is 11.8 Å². The predicted octanol–water partition coefficient (Wildman–Crippen LogP) is 1.25. The van der Waals surface area contributed by atoms with Crippen molar-refractivity contribution in [2.24, 2.45) is 23.7 Å². The van der Waals surface area contributed by atoms with Crippen LogP contribution in [0.4, 0.5) is 0 Å². The molecule has 5 heteroatoms. The number of aliphatic hydroxyl groups excluding tert-OH is 1. The fraction of sp³-hybridized carbons (Fsp3) is 0.889. The van der Waals surface area contributed by atoms with Crippen molar-refractivity contribution in [2.45, 2.75) is 51.0 Å². The van der Waals surface area contributed by atoms with Crippen LogP contribution >= 0.6 is 0 Å². The average Bonchev–Trinajstić information content (AvgIpc) is 3.38. The largest absolute Gasteiger partial charge is 0.392 e. The first kappa shape index (κ1) is 15.4. The molecule has 0 radical (unpaired) electrons. The fourth-order valence-electron chi connectivity index (χ4n) is 4.81. The molecule has 0 aromatic carbocycles.